The lowest BCUT2D eigenvalue weighted by atomic mass is 9.82. The van der Waals surface area contributed by atoms with Gasteiger partial charge in [0.15, 0.2) is 0 Å². The van der Waals surface area contributed by atoms with Crippen molar-refractivity contribution >= 4 is 5.91 Å². The number of aliphatic hydroxyl groups is 1. The Morgan fingerprint density at radius 3 is 2.26 bits per heavy atom. The zero-order valence-corrected chi connectivity index (χ0v) is 11.8. The van der Waals surface area contributed by atoms with Crippen LogP contribution in [0.4, 0.5) is 8.78 Å². The van der Waals surface area contributed by atoms with E-state index in [0.717, 1.165) is 12.8 Å². The van der Waals surface area contributed by atoms with Crippen LogP contribution in [-0.2, 0) is 4.79 Å². The van der Waals surface area contributed by atoms with Crippen LogP contribution < -0.4 is 5.32 Å². The van der Waals surface area contributed by atoms with Gasteiger partial charge in [-0.15, -0.1) is 0 Å². The lowest BCUT2D eigenvalue weighted by Crippen LogP contribution is -2.43. The van der Waals surface area contributed by atoms with Gasteiger partial charge in [-0.25, -0.2) is 8.78 Å². The minimum atomic E-state index is -2.60. The van der Waals surface area contributed by atoms with Crippen molar-refractivity contribution in [3.63, 3.8) is 0 Å². The van der Waals surface area contributed by atoms with E-state index in [1.54, 1.807) is 0 Å². The molecule has 0 spiro atoms. The van der Waals surface area contributed by atoms with Gasteiger partial charge in [0, 0.05) is 30.7 Å². The first-order valence-electron chi connectivity index (χ1n) is 7.14. The number of halogens is 2. The summed E-state index contributed by atoms with van der Waals surface area (Å²) in [6.07, 6.45) is 1.67. The van der Waals surface area contributed by atoms with Crippen LogP contribution in [0.15, 0.2) is 0 Å². The minimum absolute atomic E-state index is 0.0308. The first-order chi connectivity index (χ1) is 8.88. The molecule has 0 aromatic heterocycles. The maximum Gasteiger partial charge on any atom is 0.248 e. The molecule has 1 saturated carbocycles. The predicted octanol–water partition coefficient (Wildman–Crippen LogP) is 2.73. The lowest BCUT2D eigenvalue weighted by Gasteiger charge is -2.32. The van der Waals surface area contributed by atoms with Gasteiger partial charge in [-0.05, 0) is 25.7 Å². The summed E-state index contributed by atoms with van der Waals surface area (Å²) in [6.45, 7) is 4.41. The van der Waals surface area contributed by atoms with Crippen molar-refractivity contribution in [2.24, 2.45) is 11.3 Å². The second-order valence-corrected chi connectivity index (χ2v) is 5.71. The molecule has 1 aliphatic carbocycles. The van der Waals surface area contributed by atoms with Gasteiger partial charge < -0.3 is 10.4 Å². The summed E-state index contributed by atoms with van der Waals surface area (Å²) < 4.78 is 26.0. The number of carbonyl (C=O) groups excluding carboxylic acids is 1. The number of alkyl halides is 2. The highest BCUT2D eigenvalue weighted by Gasteiger charge is 2.37. The quantitative estimate of drug-likeness (QED) is 0.784. The second kappa shape index (κ2) is 6.64. The lowest BCUT2D eigenvalue weighted by molar-refractivity contribution is -0.129. The van der Waals surface area contributed by atoms with E-state index in [0.29, 0.717) is 6.54 Å². The van der Waals surface area contributed by atoms with Gasteiger partial charge >= 0.3 is 0 Å². The summed E-state index contributed by atoms with van der Waals surface area (Å²) in [5, 5.41) is 12.2. The zero-order valence-electron chi connectivity index (χ0n) is 11.8. The smallest absolute Gasteiger partial charge is 0.248 e. The number of carbonyl (C=O) groups is 1. The third kappa shape index (κ3) is 4.41. The number of hydrogen-bond donors (Lipinski definition) is 2. The van der Waals surface area contributed by atoms with Crippen molar-refractivity contribution in [3.05, 3.63) is 0 Å². The molecule has 2 N–H and O–H groups in total. The minimum Gasteiger partial charge on any atom is -0.396 e. The molecule has 0 heterocycles. The summed E-state index contributed by atoms with van der Waals surface area (Å²) in [6, 6.07) is 0. The van der Waals surface area contributed by atoms with Crippen molar-refractivity contribution in [3.8, 4) is 0 Å². The molecule has 1 rings (SSSR count). The normalized spacial score (nSPS) is 20.3. The summed E-state index contributed by atoms with van der Waals surface area (Å²) in [4.78, 5) is 12.0. The van der Waals surface area contributed by atoms with Crippen molar-refractivity contribution < 1.29 is 18.7 Å². The standard InChI is InChI=1S/C14H25F2NO2/c1-3-13(4-2,10-18)9-17-12(19)11-5-7-14(15,16)8-6-11/h11,18H,3-10H2,1-2H3,(H,17,19). The molecule has 0 radical (unpaired) electrons. The molecule has 0 saturated heterocycles. The van der Waals surface area contributed by atoms with Crippen molar-refractivity contribution in [1.29, 1.82) is 0 Å². The highest BCUT2D eigenvalue weighted by molar-refractivity contribution is 5.78. The topological polar surface area (TPSA) is 49.3 Å². The zero-order chi connectivity index (χ0) is 14.5. The van der Waals surface area contributed by atoms with Crippen molar-refractivity contribution in [2.45, 2.75) is 58.3 Å². The Labute approximate surface area is 113 Å². The molecule has 3 nitrogen and oxygen atoms in total. The number of aliphatic hydroxyl groups excluding tert-OH is 1. The number of hydrogen-bond acceptors (Lipinski definition) is 2. The molecular weight excluding hydrogens is 252 g/mol. The van der Waals surface area contributed by atoms with Gasteiger partial charge in [0.1, 0.15) is 0 Å². The molecule has 0 aromatic carbocycles. The van der Waals surface area contributed by atoms with Crippen LogP contribution >= 0.6 is 0 Å². The van der Waals surface area contributed by atoms with Crippen LogP contribution in [0.2, 0.25) is 0 Å². The number of amides is 1. The molecule has 112 valence electrons. The molecule has 0 unspecified atom stereocenters. The SMILES string of the molecule is CCC(CC)(CO)CNC(=O)C1CCC(F)(F)CC1. The van der Waals surface area contributed by atoms with E-state index < -0.39 is 5.92 Å². The summed E-state index contributed by atoms with van der Waals surface area (Å²) >= 11 is 0. The molecule has 1 amide bonds. The van der Waals surface area contributed by atoms with Crippen molar-refractivity contribution in [1.82, 2.24) is 5.32 Å². The summed E-state index contributed by atoms with van der Waals surface area (Å²) in [7, 11) is 0. The van der Waals surface area contributed by atoms with Gasteiger partial charge in [0.05, 0.1) is 6.61 Å². The number of rotatable bonds is 6. The maximum atomic E-state index is 13.0. The Balaban J connectivity index is 2.44. The van der Waals surface area contributed by atoms with Gasteiger partial charge in [-0.1, -0.05) is 13.8 Å². The molecule has 0 aliphatic heterocycles. The first kappa shape index (κ1) is 16.3. The van der Waals surface area contributed by atoms with E-state index in [1.807, 2.05) is 13.8 Å². The molecule has 19 heavy (non-hydrogen) atoms. The average Bonchev–Trinajstić information content (AvgIpc) is 2.40. The fraction of sp³-hybridized carbons (Fsp3) is 0.929. The largest absolute Gasteiger partial charge is 0.396 e. The van der Waals surface area contributed by atoms with E-state index in [4.69, 9.17) is 0 Å². The van der Waals surface area contributed by atoms with Crippen LogP contribution in [0.3, 0.4) is 0 Å². The maximum absolute atomic E-state index is 13.0. The molecule has 5 heteroatoms. The van der Waals surface area contributed by atoms with Crippen LogP contribution in [-0.4, -0.2) is 30.1 Å². The molecular formula is C14H25F2NO2. The molecule has 1 aliphatic rings. The highest BCUT2D eigenvalue weighted by atomic mass is 19.3. The van der Waals surface area contributed by atoms with Gasteiger partial charge in [-0.3, -0.25) is 4.79 Å². The monoisotopic (exact) mass is 277 g/mol. The molecule has 0 bridgehead atoms. The Morgan fingerprint density at radius 2 is 1.84 bits per heavy atom. The van der Waals surface area contributed by atoms with E-state index in [1.165, 1.54) is 0 Å². The van der Waals surface area contributed by atoms with E-state index in [9.17, 15) is 18.7 Å². The number of nitrogens with one attached hydrogen (secondary N) is 1. The third-order valence-corrected chi connectivity index (χ3v) is 4.56. The van der Waals surface area contributed by atoms with Gasteiger partial charge in [-0.2, -0.15) is 0 Å². The van der Waals surface area contributed by atoms with E-state index in [-0.39, 0.29) is 49.5 Å². The Bertz CT molecular complexity index is 286. The van der Waals surface area contributed by atoms with Crippen LogP contribution in [0.25, 0.3) is 0 Å². The Morgan fingerprint density at radius 1 is 1.32 bits per heavy atom. The molecule has 1 fully saturated rings. The Kier molecular flexibility index (Phi) is 5.71. The van der Waals surface area contributed by atoms with E-state index in [2.05, 4.69) is 5.32 Å². The fourth-order valence-electron chi connectivity index (χ4n) is 2.50. The predicted molar refractivity (Wildman–Crippen MR) is 70.0 cm³/mol. The summed E-state index contributed by atoms with van der Waals surface area (Å²) in [5.74, 6) is -3.04. The second-order valence-electron chi connectivity index (χ2n) is 5.71. The average molecular weight is 277 g/mol. The van der Waals surface area contributed by atoms with E-state index >= 15 is 0 Å². The third-order valence-electron chi connectivity index (χ3n) is 4.56. The molecule has 0 atom stereocenters. The highest BCUT2D eigenvalue weighted by Crippen LogP contribution is 2.36. The van der Waals surface area contributed by atoms with Crippen LogP contribution in [0, 0.1) is 11.3 Å². The Hall–Kier alpha value is -0.710. The molecule has 0 aromatic rings. The fourth-order valence-corrected chi connectivity index (χ4v) is 2.50. The van der Waals surface area contributed by atoms with Crippen LogP contribution in [0.5, 0.6) is 0 Å². The first-order valence-corrected chi connectivity index (χ1v) is 7.14. The van der Waals surface area contributed by atoms with Gasteiger partial charge in [0.2, 0.25) is 11.8 Å². The van der Waals surface area contributed by atoms with Crippen molar-refractivity contribution in [2.75, 3.05) is 13.2 Å². The summed E-state index contributed by atoms with van der Waals surface area (Å²) in [5.41, 5.74) is -0.283. The van der Waals surface area contributed by atoms with Crippen LogP contribution in [0.1, 0.15) is 52.4 Å². The van der Waals surface area contributed by atoms with Gasteiger partial charge in [0.25, 0.3) is 0 Å².